The molecule has 9 nitrogen and oxygen atoms in total. The number of methoxy groups -OCH3 is 3. The number of anilines is 1. The standard InChI is InChI=1S/C18H16N2O7/c1-25-13-8-12-14(17(27-3)16(13)26-2)15(21)18(22)19(12)9-10-4-6-11(7-5-10)20(23)24/h4-8H,9H2,1-3H3. The number of non-ortho nitro benzene ring substituents is 1. The Kier molecular flexibility index (Phi) is 4.68. The van der Waals surface area contributed by atoms with Gasteiger partial charge in [-0.15, -0.1) is 0 Å². The highest BCUT2D eigenvalue weighted by Crippen LogP contribution is 2.48. The van der Waals surface area contributed by atoms with Crippen LogP contribution in [0.3, 0.4) is 0 Å². The first-order chi connectivity index (χ1) is 12.9. The Balaban J connectivity index is 2.06. The van der Waals surface area contributed by atoms with Gasteiger partial charge in [0.2, 0.25) is 5.75 Å². The fraction of sp³-hybridized carbons (Fsp3) is 0.222. The third-order valence-electron chi connectivity index (χ3n) is 4.25. The molecule has 1 heterocycles. The summed E-state index contributed by atoms with van der Waals surface area (Å²) in [6, 6.07) is 7.28. The molecule has 1 aliphatic heterocycles. The van der Waals surface area contributed by atoms with Crippen molar-refractivity contribution in [1.82, 2.24) is 0 Å². The summed E-state index contributed by atoms with van der Waals surface area (Å²) in [5, 5.41) is 10.8. The number of nitrogens with zero attached hydrogens (tertiary/aromatic N) is 2. The summed E-state index contributed by atoms with van der Waals surface area (Å²) in [6.07, 6.45) is 0. The second-order valence-electron chi connectivity index (χ2n) is 5.68. The third-order valence-corrected chi connectivity index (χ3v) is 4.25. The lowest BCUT2D eigenvalue weighted by Crippen LogP contribution is -2.29. The zero-order valence-corrected chi connectivity index (χ0v) is 14.8. The molecule has 1 aliphatic rings. The van der Waals surface area contributed by atoms with Gasteiger partial charge >= 0.3 is 0 Å². The highest BCUT2D eigenvalue weighted by molar-refractivity contribution is 6.53. The molecule has 0 aliphatic carbocycles. The molecule has 0 N–H and O–H groups in total. The van der Waals surface area contributed by atoms with Crippen molar-refractivity contribution in [3.8, 4) is 17.2 Å². The minimum atomic E-state index is -0.725. The largest absolute Gasteiger partial charge is 0.493 e. The number of hydrogen-bond donors (Lipinski definition) is 0. The van der Waals surface area contributed by atoms with E-state index in [0.29, 0.717) is 17.0 Å². The van der Waals surface area contributed by atoms with E-state index < -0.39 is 16.6 Å². The molecular formula is C18H16N2O7. The zero-order valence-electron chi connectivity index (χ0n) is 14.8. The molecule has 140 valence electrons. The Hall–Kier alpha value is -3.62. The summed E-state index contributed by atoms with van der Waals surface area (Å²) in [7, 11) is 4.21. The van der Waals surface area contributed by atoms with Crippen molar-refractivity contribution in [2.75, 3.05) is 26.2 Å². The Bertz CT molecular complexity index is 938. The smallest absolute Gasteiger partial charge is 0.299 e. The van der Waals surface area contributed by atoms with E-state index in [1.807, 2.05) is 0 Å². The number of rotatable bonds is 6. The van der Waals surface area contributed by atoms with Gasteiger partial charge in [-0.1, -0.05) is 12.1 Å². The predicted octanol–water partition coefficient (Wildman–Crippen LogP) is 2.35. The maximum absolute atomic E-state index is 12.5. The lowest BCUT2D eigenvalue weighted by Gasteiger charge is -2.19. The lowest BCUT2D eigenvalue weighted by atomic mass is 10.1. The van der Waals surface area contributed by atoms with Crippen LogP contribution in [0.25, 0.3) is 0 Å². The van der Waals surface area contributed by atoms with Gasteiger partial charge in [0.15, 0.2) is 11.5 Å². The zero-order chi connectivity index (χ0) is 19.7. The Morgan fingerprint density at radius 1 is 1.00 bits per heavy atom. The van der Waals surface area contributed by atoms with Crippen LogP contribution in [0.1, 0.15) is 15.9 Å². The number of ether oxygens (including phenoxy) is 3. The number of fused-ring (bicyclic) bond motifs is 1. The van der Waals surface area contributed by atoms with E-state index in [2.05, 4.69) is 0 Å². The van der Waals surface area contributed by atoms with Crippen LogP contribution in [0.15, 0.2) is 30.3 Å². The van der Waals surface area contributed by atoms with Crippen LogP contribution in [0, 0.1) is 10.1 Å². The molecule has 27 heavy (non-hydrogen) atoms. The van der Waals surface area contributed by atoms with Gasteiger partial charge in [0.05, 0.1) is 44.0 Å². The molecule has 0 atom stereocenters. The molecule has 9 heteroatoms. The molecule has 0 saturated carbocycles. The van der Waals surface area contributed by atoms with Gasteiger partial charge in [-0.2, -0.15) is 0 Å². The molecule has 0 bridgehead atoms. The molecule has 0 unspecified atom stereocenters. The Morgan fingerprint density at radius 3 is 2.15 bits per heavy atom. The highest BCUT2D eigenvalue weighted by Gasteiger charge is 2.41. The number of ketones is 1. The van der Waals surface area contributed by atoms with Crippen molar-refractivity contribution in [2.24, 2.45) is 0 Å². The minimum absolute atomic E-state index is 0.0592. The normalized spacial score (nSPS) is 12.8. The van der Waals surface area contributed by atoms with Crippen LogP contribution in [-0.4, -0.2) is 37.9 Å². The summed E-state index contributed by atoms with van der Waals surface area (Å²) in [5.74, 6) is -0.792. The fourth-order valence-corrected chi connectivity index (χ4v) is 2.98. The van der Waals surface area contributed by atoms with Crippen molar-refractivity contribution < 1.29 is 28.7 Å². The second-order valence-corrected chi connectivity index (χ2v) is 5.68. The molecule has 0 fully saturated rings. The maximum atomic E-state index is 12.5. The molecule has 2 aromatic carbocycles. The van der Waals surface area contributed by atoms with Crippen molar-refractivity contribution in [2.45, 2.75) is 6.54 Å². The van der Waals surface area contributed by atoms with Gasteiger partial charge < -0.3 is 19.1 Å². The number of amides is 1. The summed E-state index contributed by atoms with van der Waals surface area (Å²) < 4.78 is 15.8. The third kappa shape index (κ3) is 2.92. The first kappa shape index (κ1) is 18.2. The first-order valence-corrected chi connectivity index (χ1v) is 7.85. The minimum Gasteiger partial charge on any atom is -0.493 e. The number of nitro groups is 1. The van der Waals surface area contributed by atoms with E-state index in [0.717, 1.165) is 0 Å². The van der Waals surface area contributed by atoms with Crippen LogP contribution in [-0.2, 0) is 11.3 Å². The molecule has 0 radical (unpaired) electrons. The van der Waals surface area contributed by atoms with Crippen molar-refractivity contribution in [3.05, 3.63) is 51.6 Å². The quantitative estimate of drug-likeness (QED) is 0.435. The van der Waals surface area contributed by atoms with Crippen LogP contribution in [0.4, 0.5) is 11.4 Å². The van der Waals surface area contributed by atoms with Gasteiger partial charge in [0.1, 0.15) is 0 Å². The average Bonchev–Trinajstić information content (AvgIpc) is 2.91. The van der Waals surface area contributed by atoms with E-state index >= 15 is 0 Å². The number of nitro benzene ring substituents is 1. The molecule has 0 saturated heterocycles. The summed E-state index contributed by atoms with van der Waals surface area (Å²) in [5.41, 5.74) is 0.999. The second kappa shape index (κ2) is 6.94. The monoisotopic (exact) mass is 372 g/mol. The van der Waals surface area contributed by atoms with Crippen molar-refractivity contribution in [3.63, 3.8) is 0 Å². The Labute approximate surface area is 154 Å². The number of hydrogen-bond acceptors (Lipinski definition) is 7. The van der Waals surface area contributed by atoms with Gasteiger partial charge in [0, 0.05) is 18.2 Å². The maximum Gasteiger partial charge on any atom is 0.299 e. The van der Waals surface area contributed by atoms with E-state index in [1.54, 1.807) is 0 Å². The van der Waals surface area contributed by atoms with E-state index in [9.17, 15) is 19.7 Å². The SMILES string of the molecule is COc1cc2c(c(OC)c1OC)C(=O)C(=O)N2Cc1ccc([N+](=O)[O-])cc1. The predicted molar refractivity (Wildman–Crippen MR) is 94.7 cm³/mol. The topological polar surface area (TPSA) is 108 Å². The lowest BCUT2D eigenvalue weighted by molar-refractivity contribution is -0.384. The molecule has 0 aromatic heterocycles. The van der Waals surface area contributed by atoms with Gasteiger partial charge in [-0.05, 0) is 5.56 Å². The molecule has 3 rings (SSSR count). The van der Waals surface area contributed by atoms with Crippen LogP contribution in [0.5, 0.6) is 17.2 Å². The number of Topliss-reactive ketones (excluding diaryl/α,β-unsaturated/α-hetero) is 1. The van der Waals surface area contributed by atoms with Crippen LogP contribution in [0.2, 0.25) is 0 Å². The van der Waals surface area contributed by atoms with E-state index in [1.165, 1.54) is 56.6 Å². The van der Waals surface area contributed by atoms with E-state index in [4.69, 9.17) is 14.2 Å². The van der Waals surface area contributed by atoms with Gasteiger partial charge in [-0.3, -0.25) is 19.7 Å². The van der Waals surface area contributed by atoms with Gasteiger partial charge in [0.25, 0.3) is 17.4 Å². The van der Waals surface area contributed by atoms with Crippen molar-refractivity contribution in [1.29, 1.82) is 0 Å². The number of benzene rings is 2. The van der Waals surface area contributed by atoms with E-state index in [-0.39, 0.29) is 29.3 Å². The highest BCUT2D eigenvalue weighted by atomic mass is 16.6. The average molecular weight is 372 g/mol. The molecule has 0 spiro atoms. The van der Waals surface area contributed by atoms with Crippen molar-refractivity contribution >= 4 is 23.1 Å². The first-order valence-electron chi connectivity index (χ1n) is 7.85. The summed E-state index contributed by atoms with van der Waals surface area (Å²) in [4.78, 5) is 36.6. The van der Waals surface area contributed by atoms with Gasteiger partial charge in [-0.25, -0.2) is 0 Å². The number of carbonyl (C=O) groups is 2. The fourth-order valence-electron chi connectivity index (χ4n) is 2.98. The van der Waals surface area contributed by atoms with Crippen LogP contribution >= 0.6 is 0 Å². The summed E-state index contributed by atoms with van der Waals surface area (Å²) >= 11 is 0. The van der Waals surface area contributed by atoms with Crippen LogP contribution < -0.4 is 19.1 Å². The molecule has 1 amide bonds. The molecule has 2 aromatic rings. The summed E-state index contributed by atoms with van der Waals surface area (Å²) in [6.45, 7) is 0.0637. The number of carbonyl (C=O) groups excluding carboxylic acids is 2. The Morgan fingerprint density at radius 2 is 1.63 bits per heavy atom. The molecular weight excluding hydrogens is 356 g/mol.